The number of para-hydroxylation sites is 2. The maximum atomic E-state index is 13.4. The minimum atomic E-state index is -0.196. The van der Waals surface area contributed by atoms with E-state index in [1.165, 1.54) is 6.42 Å². The van der Waals surface area contributed by atoms with Gasteiger partial charge in [0.15, 0.2) is 0 Å². The maximum Gasteiger partial charge on any atom is 0.329 e. The predicted molar refractivity (Wildman–Crippen MR) is 130 cm³/mol. The number of imidazole rings is 1. The fraction of sp³-hybridized carbons (Fsp3) is 0.500. The standard InChI is InChI=1S/C26H32N4O3/c1-2-14-29-22-11-5-6-12-23(22)30(26(29)32)17-24-27-25(31)20-9-3-4-10-21(20)28(24)15-13-19-8-7-16-33-18-19/h5-6,9-12,19H,2-4,7-8,13-18H2,1H3. The lowest BCUT2D eigenvalue weighted by Gasteiger charge is -2.23. The molecule has 174 valence electrons. The highest BCUT2D eigenvalue weighted by Gasteiger charge is 2.19. The number of aryl methyl sites for hydroxylation is 1. The normalized spacial score (nSPS) is 18.0. The van der Waals surface area contributed by atoms with Gasteiger partial charge in [0.1, 0.15) is 5.82 Å². The number of hydrogen-bond acceptors (Lipinski definition) is 4. The second-order valence-corrected chi connectivity index (χ2v) is 9.15. The van der Waals surface area contributed by atoms with Crippen molar-refractivity contribution in [3.8, 4) is 0 Å². The molecule has 5 rings (SSSR count). The van der Waals surface area contributed by atoms with E-state index in [9.17, 15) is 9.59 Å². The largest absolute Gasteiger partial charge is 0.381 e. The van der Waals surface area contributed by atoms with Crippen LogP contribution in [0.2, 0.25) is 0 Å². The topological polar surface area (TPSA) is 71.0 Å². The summed E-state index contributed by atoms with van der Waals surface area (Å²) in [5.41, 5.74) is 1.56. The van der Waals surface area contributed by atoms with E-state index >= 15 is 0 Å². The zero-order chi connectivity index (χ0) is 22.8. The number of ether oxygens (including phenoxy) is 1. The predicted octanol–water partition coefficient (Wildman–Crippen LogP) is 1.99. The van der Waals surface area contributed by atoms with Gasteiger partial charge in [-0.2, -0.15) is 4.98 Å². The number of hydrogen-bond donors (Lipinski definition) is 0. The molecule has 1 atom stereocenters. The molecule has 1 aromatic carbocycles. The Morgan fingerprint density at radius 3 is 2.58 bits per heavy atom. The van der Waals surface area contributed by atoms with Crippen LogP contribution in [-0.2, 0) is 24.4 Å². The van der Waals surface area contributed by atoms with Gasteiger partial charge in [-0.15, -0.1) is 0 Å². The first kappa shape index (κ1) is 21.9. The maximum absolute atomic E-state index is 13.4. The second-order valence-electron chi connectivity index (χ2n) is 9.15. The van der Waals surface area contributed by atoms with Crippen LogP contribution in [0.25, 0.3) is 23.2 Å². The van der Waals surface area contributed by atoms with Crippen LogP contribution >= 0.6 is 0 Å². The van der Waals surface area contributed by atoms with Crippen molar-refractivity contribution in [3.05, 3.63) is 61.5 Å². The second kappa shape index (κ2) is 9.51. The summed E-state index contributed by atoms with van der Waals surface area (Å²) in [5, 5.41) is 1.66. The zero-order valence-electron chi connectivity index (χ0n) is 19.3. The summed E-state index contributed by atoms with van der Waals surface area (Å²) in [5.74, 6) is 1.17. The zero-order valence-corrected chi connectivity index (χ0v) is 19.3. The molecule has 7 nitrogen and oxygen atoms in total. The molecule has 0 saturated carbocycles. The molecule has 3 heterocycles. The molecule has 1 aliphatic carbocycles. The van der Waals surface area contributed by atoms with E-state index in [-0.39, 0.29) is 17.8 Å². The lowest BCUT2D eigenvalue weighted by molar-refractivity contribution is 0.0498. The molecule has 2 aromatic heterocycles. The van der Waals surface area contributed by atoms with Crippen LogP contribution in [0.4, 0.5) is 0 Å². The highest BCUT2D eigenvalue weighted by molar-refractivity contribution is 5.76. The molecule has 0 spiro atoms. The Morgan fingerprint density at radius 2 is 1.82 bits per heavy atom. The molecule has 1 fully saturated rings. The Labute approximate surface area is 192 Å². The van der Waals surface area contributed by atoms with E-state index in [1.54, 1.807) is 4.57 Å². The first-order chi connectivity index (χ1) is 16.2. The van der Waals surface area contributed by atoms with Gasteiger partial charge in [0.05, 0.1) is 28.1 Å². The molecule has 1 unspecified atom stereocenters. The SMILES string of the molecule is CCCn1c(=O)n(Cc2nc(=O)c3c(n2CCC2CCCOC2)=CCCC=3)c2ccccc21. The summed E-state index contributed by atoms with van der Waals surface area (Å²) < 4.78 is 11.5. The van der Waals surface area contributed by atoms with Crippen molar-refractivity contribution in [1.82, 2.24) is 18.7 Å². The molecule has 0 amide bonds. The van der Waals surface area contributed by atoms with Gasteiger partial charge in [0, 0.05) is 26.3 Å². The first-order valence-electron chi connectivity index (χ1n) is 12.2. The molecule has 3 aromatic rings. The summed E-state index contributed by atoms with van der Waals surface area (Å²) in [6, 6.07) is 7.88. The Hall–Kier alpha value is -2.93. The van der Waals surface area contributed by atoms with Crippen LogP contribution in [0.1, 0.15) is 51.3 Å². The van der Waals surface area contributed by atoms with Crippen LogP contribution in [0.15, 0.2) is 33.9 Å². The molecule has 0 N–H and O–H groups in total. The van der Waals surface area contributed by atoms with Crippen molar-refractivity contribution < 1.29 is 4.74 Å². The summed E-state index contributed by atoms with van der Waals surface area (Å²) in [6.07, 6.45) is 10.1. The van der Waals surface area contributed by atoms with Gasteiger partial charge < -0.3 is 9.30 Å². The number of nitrogens with zero attached hydrogens (tertiary/aromatic N) is 4. The molecule has 1 aliphatic heterocycles. The number of benzene rings is 1. The minimum absolute atomic E-state index is 0.0483. The molecule has 0 radical (unpaired) electrons. The molecule has 2 aliphatic rings. The first-order valence-corrected chi connectivity index (χ1v) is 12.2. The third kappa shape index (κ3) is 4.22. The van der Waals surface area contributed by atoms with Crippen LogP contribution in [0.5, 0.6) is 0 Å². The highest BCUT2D eigenvalue weighted by Crippen LogP contribution is 2.18. The summed E-state index contributed by atoms with van der Waals surface area (Å²) in [4.78, 5) is 30.8. The van der Waals surface area contributed by atoms with Gasteiger partial charge in [0.2, 0.25) is 0 Å². The van der Waals surface area contributed by atoms with E-state index in [1.807, 2.05) is 34.9 Å². The van der Waals surface area contributed by atoms with Crippen molar-refractivity contribution in [2.75, 3.05) is 13.2 Å². The number of rotatable bonds is 7. The van der Waals surface area contributed by atoms with E-state index in [0.29, 0.717) is 23.5 Å². The smallest absolute Gasteiger partial charge is 0.329 e. The Bertz CT molecular complexity index is 1390. The van der Waals surface area contributed by atoms with Gasteiger partial charge >= 0.3 is 5.69 Å². The highest BCUT2D eigenvalue weighted by atomic mass is 16.5. The number of aromatic nitrogens is 4. The van der Waals surface area contributed by atoms with Crippen molar-refractivity contribution in [2.45, 2.75) is 65.1 Å². The quantitative estimate of drug-likeness (QED) is 0.554. The van der Waals surface area contributed by atoms with Crippen LogP contribution in [0.3, 0.4) is 0 Å². The van der Waals surface area contributed by atoms with E-state index in [0.717, 1.165) is 68.2 Å². The average molecular weight is 449 g/mol. The Morgan fingerprint density at radius 1 is 1.03 bits per heavy atom. The van der Waals surface area contributed by atoms with Crippen LogP contribution < -0.4 is 21.8 Å². The molecule has 1 saturated heterocycles. The fourth-order valence-electron chi connectivity index (χ4n) is 5.21. The lowest BCUT2D eigenvalue weighted by Crippen LogP contribution is -2.50. The van der Waals surface area contributed by atoms with Gasteiger partial charge in [-0.25, -0.2) is 4.79 Å². The van der Waals surface area contributed by atoms with Gasteiger partial charge in [-0.05, 0) is 56.6 Å². The molecule has 7 heteroatoms. The third-order valence-corrected chi connectivity index (χ3v) is 6.88. The lowest BCUT2D eigenvalue weighted by atomic mass is 9.98. The third-order valence-electron chi connectivity index (χ3n) is 6.88. The molecular weight excluding hydrogens is 416 g/mol. The van der Waals surface area contributed by atoms with Gasteiger partial charge in [-0.1, -0.05) is 31.2 Å². The van der Waals surface area contributed by atoms with Crippen molar-refractivity contribution >= 4 is 23.2 Å². The average Bonchev–Trinajstić information content (AvgIpc) is 3.11. The summed E-state index contributed by atoms with van der Waals surface area (Å²) in [7, 11) is 0. The van der Waals surface area contributed by atoms with Crippen LogP contribution in [0, 0.1) is 5.92 Å². The van der Waals surface area contributed by atoms with E-state index in [2.05, 4.69) is 22.6 Å². The molecule has 0 bridgehead atoms. The van der Waals surface area contributed by atoms with Gasteiger partial charge in [0.25, 0.3) is 5.56 Å². The van der Waals surface area contributed by atoms with Crippen molar-refractivity contribution in [2.24, 2.45) is 5.92 Å². The number of fused-ring (bicyclic) bond motifs is 2. The summed E-state index contributed by atoms with van der Waals surface area (Å²) in [6.45, 7) is 5.44. The van der Waals surface area contributed by atoms with Crippen molar-refractivity contribution in [1.29, 1.82) is 0 Å². The molecule has 33 heavy (non-hydrogen) atoms. The monoisotopic (exact) mass is 448 g/mol. The minimum Gasteiger partial charge on any atom is -0.381 e. The summed E-state index contributed by atoms with van der Waals surface area (Å²) >= 11 is 0. The Balaban J connectivity index is 1.60. The molecular formula is C26H32N4O3. The van der Waals surface area contributed by atoms with E-state index < -0.39 is 0 Å². The fourth-order valence-corrected chi connectivity index (χ4v) is 5.21. The van der Waals surface area contributed by atoms with E-state index in [4.69, 9.17) is 4.74 Å². The Kier molecular flexibility index (Phi) is 6.31. The van der Waals surface area contributed by atoms with Crippen LogP contribution in [-0.4, -0.2) is 31.9 Å². The van der Waals surface area contributed by atoms with Crippen molar-refractivity contribution in [3.63, 3.8) is 0 Å². The van der Waals surface area contributed by atoms with Gasteiger partial charge in [-0.3, -0.25) is 13.9 Å².